The smallest absolute Gasteiger partial charge is 0.322 e. The van der Waals surface area contributed by atoms with Crippen LogP contribution >= 0.6 is 12.6 Å². The van der Waals surface area contributed by atoms with Crippen LogP contribution in [0.2, 0.25) is 0 Å². The van der Waals surface area contributed by atoms with Gasteiger partial charge in [0.15, 0.2) is 5.78 Å². The van der Waals surface area contributed by atoms with Crippen molar-refractivity contribution in [1.29, 1.82) is 0 Å². The molecule has 1 saturated carbocycles. The second-order valence-corrected chi connectivity index (χ2v) is 9.21. The number of carboxylic acid groups (broad SMARTS) is 1. The van der Waals surface area contributed by atoms with Crippen LogP contribution in [0.4, 0.5) is 0 Å². The molecule has 0 saturated heterocycles. The Morgan fingerprint density at radius 3 is 1.93 bits per heavy atom. The van der Waals surface area contributed by atoms with Gasteiger partial charge in [0.1, 0.15) is 18.9 Å². The maximum atomic E-state index is 11.7. The zero-order chi connectivity index (χ0) is 30.9. The highest BCUT2D eigenvalue weighted by Gasteiger charge is 2.32. The van der Waals surface area contributed by atoms with Gasteiger partial charge in [-0.15, -0.1) is 0 Å². The van der Waals surface area contributed by atoms with Crippen molar-refractivity contribution in [3.05, 3.63) is 69.8 Å². The number of benzene rings is 2. The van der Waals surface area contributed by atoms with Gasteiger partial charge >= 0.3 is 5.97 Å². The van der Waals surface area contributed by atoms with E-state index in [-0.39, 0.29) is 24.3 Å². The van der Waals surface area contributed by atoms with Gasteiger partial charge in [-0.1, -0.05) is 72.7 Å². The summed E-state index contributed by atoms with van der Waals surface area (Å²) < 4.78 is 5.76. The Bertz CT molecular complexity index is 1100. The second kappa shape index (κ2) is 19.4. The largest absolute Gasteiger partial charge is 0.486 e. The topological polar surface area (TPSA) is 75.6 Å². The summed E-state index contributed by atoms with van der Waals surface area (Å²) in [6.07, 6.45) is 6.04. The highest BCUT2D eigenvalue weighted by Crippen LogP contribution is 2.43. The molecule has 0 bridgehead atoms. The molecule has 0 aliphatic heterocycles. The van der Waals surface area contributed by atoms with Crippen molar-refractivity contribution < 1.29 is 19.4 Å². The standard InChI is InChI=1S/C29H37NO4.2C2H6.CH4S/c1-6-24(31)18-34-26-14-13-22(15-20(26)5)29(7-2,8-3)23-12-9-19(4)25(16-23)28(21-10-11-21)30-17-27(32)33;3*1-2/h9,12-16,30H,6-8,10-11,17-18H2,1-5H3,(H,32,33);2*1-2H3;2H,1H3. The van der Waals surface area contributed by atoms with Crippen LogP contribution in [0, 0.1) is 13.8 Å². The Hall–Kier alpha value is -2.73. The number of hydrogen-bond donors (Lipinski definition) is 3. The summed E-state index contributed by atoms with van der Waals surface area (Å²) >= 11 is 3.53. The zero-order valence-electron chi connectivity index (χ0n) is 26.5. The maximum absolute atomic E-state index is 11.7. The minimum Gasteiger partial charge on any atom is -0.486 e. The normalized spacial score (nSPS) is 11.4. The number of nitrogens with one attached hydrogen (secondary N) is 1. The molecule has 0 spiro atoms. The lowest BCUT2D eigenvalue weighted by Gasteiger charge is -2.34. The Morgan fingerprint density at radius 2 is 1.45 bits per heavy atom. The number of carboxylic acids is 1. The number of rotatable bonds is 12. The van der Waals surface area contributed by atoms with Crippen LogP contribution in [0.5, 0.6) is 5.75 Å². The molecule has 1 fully saturated rings. The second-order valence-electron chi connectivity index (χ2n) is 9.21. The zero-order valence-corrected chi connectivity index (χ0v) is 27.4. The number of thiol groups is 1. The third-order valence-corrected chi connectivity index (χ3v) is 7.05. The minimum atomic E-state index is -0.859. The van der Waals surface area contributed by atoms with Crippen molar-refractivity contribution in [3.8, 4) is 5.75 Å². The average molecular weight is 572 g/mol. The monoisotopic (exact) mass is 571 g/mol. The highest BCUT2D eigenvalue weighted by atomic mass is 32.1. The van der Waals surface area contributed by atoms with Gasteiger partial charge in [0, 0.05) is 23.1 Å². The summed E-state index contributed by atoms with van der Waals surface area (Å²) in [6.45, 7) is 18.4. The quantitative estimate of drug-likeness (QED) is 0.223. The van der Waals surface area contributed by atoms with Gasteiger partial charge in [-0.3, -0.25) is 9.59 Å². The van der Waals surface area contributed by atoms with Crippen molar-refractivity contribution in [2.24, 2.45) is 0 Å². The Kier molecular flexibility index (Phi) is 18.0. The number of hydrogen-bond acceptors (Lipinski definition) is 5. The SMILES string of the molecule is CC.CC.CCC(=O)COc1ccc(C(CC)(CC)c2ccc(C)c(C(NCC(=O)O)=C3CC3)c2)cc1C.CS. The molecule has 0 atom stereocenters. The first-order chi connectivity index (χ1) is 19.2. The van der Waals surface area contributed by atoms with Crippen LogP contribution in [0.1, 0.15) is 108 Å². The molecule has 224 valence electrons. The number of Topliss-reactive ketones (excluding diaryl/α,β-unsaturated/α-hetero) is 1. The van der Waals surface area contributed by atoms with Crippen molar-refractivity contribution in [3.63, 3.8) is 0 Å². The lowest BCUT2D eigenvalue weighted by molar-refractivity contribution is -0.135. The molecule has 5 nitrogen and oxygen atoms in total. The molecular weight excluding hydrogens is 518 g/mol. The van der Waals surface area contributed by atoms with Gasteiger partial charge in [-0.2, -0.15) is 12.6 Å². The molecule has 0 radical (unpaired) electrons. The van der Waals surface area contributed by atoms with E-state index in [1.165, 1.54) is 16.7 Å². The molecule has 6 heteroatoms. The van der Waals surface area contributed by atoms with Crippen LogP contribution in [0.25, 0.3) is 5.70 Å². The molecule has 2 aromatic rings. The molecular formula is C34H53NO4S. The minimum absolute atomic E-state index is 0.0869. The van der Waals surface area contributed by atoms with Gasteiger partial charge < -0.3 is 15.2 Å². The maximum Gasteiger partial charge on any atom is 0.322 e. The fourth-order valence-corrected chi connectivity index (χ4v) is 4.68. The fourth-order valence-electron chi connectivity index (χ4n) is 4.68. The molecule has 0 aromatic heterocycles. The molecule has 0 heterocycles. The van der Waals surface area contributed by atoms with Gasteiger partial charge in [0.25, 0.3) is 0 Å². The number of ether oxygens (including phenoxy) is 1. The van der Waals surface area contributed by atoms with E-state index in [0.29, 0.717) is 6.42 Å². The van der Waals surface area contributed by atoms with E-state index >= 15 is 0 Å². The first kappa shape index (κ1) is 37.3. The molecule has 0 amide bonds. The van der Waals surface area contributed by atoms with Crippen LogP contribution in [-0.4, -0.2) is 36.3 Å². The summed E-state index contributed by atoms with van der Waals surface area (Å²) in [7, 11) is 0. The van der Waals surface area contributed by atoms with E-state index in [2.05, 4.69) is 69.0 Å². The van der Waals surface area contributed by atoms with Crippen molar-refractivity contribution in [1.82, 2.24) is 5.32 Å². The van der Waals surface area contributed by atoms with Gasteiger partial charge in [0.2, 0.25) is 0 Å². The number of aryl methyl sites for hydroxylation is 2. The third-order valence-electron chi connectivity index (χ3n) is 7.05. The molecule has 1 aliphatic carbocycles. The third kappa shape index (κ3) is 10.0. The number of aliphatic carboxylic acids is 1. The Labute approximate surface area is 249 Å². The lowest BCUT2D eigenvalue weighted by atomic mass is 9.69. The predicted molar refractivity (Wildman–Crippen MR) is 174 cm³/mol. The molecule has 40 heavy (non-hydrogen) atoms. The van der Waals surface area contributed by atoms with Crippen LogP contribution < -0.4 is 10.1 Å². The van der Waals surface area contributed by atoms with Crippen LogP contribution in [0.3, 0.4) is 0 Å². The molecule has 3 rings (SSSR count). The van der Waals surface area contributed by atoms with E-state index in [9.17, 15) is 14.7 Å². The summed E-state index contributed by atoms with van der Waals surface area (Å²) in [5.74, 6) is -0.0264. The number of ketones is 1. The number of allylic oxidation sites excluding steroid dienone is 1. The Morgan fingerprint density at radius 1 is 0.900 bits per heavy atom. The highest BCUT2D eigenvalue weighted by molar-refractivity contribution is 7.79. The van der Waals surface area contributed by atoms with Crippen molar-refractivity contribution in [2.45, 2.75) is 99.8 Å². The summed E-state index contributed by atoms with van der Waals surface area (Å²) in [6, 6.07) is 12.9. The van der Waals surface area contributed by atoms with Gasteiger partial charge in [0.05, 0.1) is 0 Å². The van der Waals surface area contributed by atoms with Gasteiger partial charge in [-0.25, -0.2) is 0 Å². The van der Waals surface area contributed by atoms with Crippen molar-refractivity contribution in [2.75, 3.05) is 19.4 Å². The Balaban J connectivity index is 0.00000237. The fraction of sp³-hybridized carbons (Fsp3) is 0.529. The predicted octanol–water partition coefficient (Wildman–Crippen LogP) is 8.54. The molecule has 0 unspecified atom stereocenters. The first-order valence-electron chi connectivity index (χ1n) is 14.7. The van der Waals surface area contributed by atoms with E-state index in [0.717, 1.165) is 53.8 Å². The van der Waals surface area contributed by atoms with E-state index in [1.807, 2.05) is 47.6 Å². The van der Waals surface area contributed by atoms with Crippen LogP contribution in [0.15, 0.2) is 42.0 Å². The lowest BCUT2D eigenvalue weighted by Crippen LogP contribution is -2.27. The van der Waals surface area contributed by atoms with E-state index in [1.54, 1.807) is 6.26 Å². The summed E-state index contributed by atoms with van der Waals surface area (Å²) in [5.41, 5.74) is 7.77. The van der Waals surface area contributed by atoms with Crippen LogP contribution in [-0.2, 0) is 15.0 Å². The van der Waals surface area contributed by atoms with Gasteiger partial charge in [-0.05, 0) is 85.7 Å². The average Bonchev–Trinajstić information content (AvgIpc) is 3.83. The molecule has 2 N–H and O–H groups in total. The summed E-state index contributed by atoms with van der Waals surface area (Å²) in [4.78, 5) is 22.9. The van der Waals surface area contributed by atoms with E-state index in [4.69, 9.17) is 4.74 Å². The first-order valence-corrected chi connectivity index (χ1v) is 15.6. The molecule has 1 aliphatic rings. The molecule has 2 aromatic carbocycles. The van der Waals surface area contributed by atoms with Crippen molar-refractivity contribution >= 4 is 30.1 Å². The summed E-state index contributed by atoms with van der Waals surface area (Å²) in [5, 5.41) is 12.4. The number of carbonyl (C=O) groups is 2. The number of carbonyl (C=O) groups excluding carboxylic acids is 1. The van der Waals surface area contributed by atoms with E-state index < -0.39 is 5.97 Å².